The zero-order valence-corrected chi connectivity index (χ0v) is 22.8. The predicted octanol–water partition coefficient (Wildman–Crippen LogP) is 4.65. The van der Waals surface area contributed by atoms with Crippen LogP contribution in [0.4, 0.5) is 9.52 Å². The van der Waals surface area contributed by atoms with Crippen molar-refractivity contribution >= 4 is 51.8 Å². The van der Waals surface area contributed by atoms with Crippen molar-refractivity contribution in [3.63, 3.8) is 0 Å². The highest BCUT2D eigenvalue weighted by atomic mass is 32.2. The van der Waals surface area contributed by atoms with Gasteiger partial charge < -0.3 is 5.32 Å². The number of anilines is 1. The van der Waals surface area contributed by atoms with Crippen LogP contribution in [0.3, 0.4) is 0 Å². The second-order valence-corrected chi connectivity index (χ2v) is 11.3. The van der Waals surface area contributed by atoms with Gasteiger partial charge in [-0.25, -0.2) is 4.39 Å². The minimum Gasteiger partial charge on any atom is -0.345 e. The third-order valence-electron chi connectivity index (χ3n) is 5.21. The maximum atomic E-state index is 13.6. The first-order valence-electron chi connectivity index (χ1n) is 11.3. The number of rotatable bonds is 10. The first-order valence-corrected chi connectivity index (χ1v) is 14.1. The maximum absolute atomic E-state index is 13.6. The second kappa shape index (κ2) is 12.3. The minimum atomic E-state index is -0.382. The molecule has 192 valence electrons. The number of aryl methyl sites for hydroxylation is 2. The van der Waals surface area contributed by atoms with Crippen LogP contribution in [-0.4, -0.2) is 48.3 Å². The number of nitrogens with one attached hydrogen (secondary N) is 2. The zero-order chi connectivity index (χ0) is 26.4. The summed E-state index contributed by atoms with van der Waals surface area (Å²) in [6.07, 6.45) is 0. The van der Waals surface area contributed by atoms with E-state index in [9.17, 15) is 14.0 Å². The highest BCUT2D eigenvalue weighted by Gasteiger charge is 2.18. The normalized spacial score (nSPS) is 10.9. The fourth-order valence-electron chi connectivity index (χ4n) is 3.23. The maximum Gasteiger partial charge on any atom is 0.251 e. The van der Waals surface area contributed by atoms with Crippen LogP contribution in [0.1, 0.15) is 34.2 Å². The zero-order valence-electron chi connectivity index (χ0n) is 20.3. The molecule has 0 spiro atoms. The summed E-state index contributed by atoms with van der Waals surface area (Å²) in [6.45, 7) is 6.04. The number of hydrogen-bond acceptors (Lipinski definition) is 9. The molecular weight excluding hydrogens is 534 g/mol. The van der Waals surface area contributed by atoms with Crippen molar-refractivity contribution in [2.45, 2.75) is 36.8 Å². The number of carbonyl (C=O) groups is 2. The molecule has 0 saturated heterocycles. The molecule has 13 heteroatoms. The van der Waals surface area contributed by atoms with Crippen molar-refractivity contribution in [2.24, 2.45) is 0 Å². The van der Waals surface area contributed by atoms with Crippen LogP contribution >= 0.6 is 34.9 Å². The Morgan fingerprint density at radius 2 is 1.78 bits per heavy atom. The van der Waals surface area contributed by atoms with Crippen LogP contribution in [0, 0.1) is 19.7 Å². The Bertz CT molecular complexity index is 1410. The molecule has 37 heavy (non-hydrogen) atoms. The fourth-order valence-corrected chi connectivity index (χ4v) is 5.67. The van der Waals surface area contributed by atoms with Crippen LogP contribution in [-0.2, 0) is 11.3 Å². The Hall–Kier alpha value is -3.29. The topological polar surface area (TPSA) is 115 Å². The molecule has 0 fully saturated rings. The lowest BCUT2D eigenvalue weighted by atomic mass is 10.1. The Balaban J connectivity index is 1.47. The van der Waals surface area contributed by atoms with E-state index < -0.39 is 0 Å². The van der Waals surface area contributed by atoms with Gasteiger partial charge in [0.1, 0.15) is 5.82 Å². The van der Waals surface area contributed by atoms with E-state index in [1.165, 1.54) is 35.2 Å². The number of amides is 2. The third kappa shape index (κ3) is 6.93. The van der Waals surface area contributed by atoms with E-state index in [1.54, 1.807) is 34.5 Å². The average Bonchev–Trinajstić information content (AvgIpc) is 3.50. The Kier molecular flexibility index (Phi) is 8.90. The summed E-state index contributed by atoms with van der Waals surface area (Å²) < 4.78 is 16.1. The molecule has 2 amide bonds. The summed E-state index contributed by atoms with van der Waals surface area (Å²) in [5, 5.41) is 22.9. The second-order valence-electron chi connectivity index (χ2n) is 7.84. The van der Waals surface area contributed by atoms with Gasteiger partial charge in [-0.15, -0.1) is 20.4 Å². The number of nitrogens with zero attached hydrogens (tertiary/aromatic N) is 5. The van der Waals surface area contributed by atoms with E-state index in [0.29, 0.717) is 27.4 Å². The molecule has 4 rings (SSSR count). The molecule has 9 nitrogen and oxygen atoms in total. The number of aromatic nitrogens is 5. The van der Waals surface area contributed by atoms with Gasteiger partial charge >= 0.3 is 0 Å². The summed E-state index contributed by atoms with van der Waals surface area (Å²) in [6, 6.07) is 11.3. The molecule has 2 heterocycles. The molecule has 0 aliphatic heterocycles. The van der Waals surface area contributed by atoms with Gasteiger partial charge in [0, 0.05) is 11.3 Å². The van der Waals surface area contributed by atoms with E-state index >= 15 is 0 Å². The predicted molar refractivity (Wildman–Crippen MR) is 144 cm³/mol. The first-order chi connectivity index (χ1) is 17.8. The highest BCUT2D eigenvalue weighted by molar-refractivity contribution is 8.01. The lowest BCUT2D eigenvalue weighted by Crippen LogP contribution is -2.24. The largest absolute Gasteiger partial charge is 0.345 e. The standard InChI is InChI=1S/C24H24FN7O2S3/c1-4-35-24-31-29-22(37-24)27-20(33)13-36-23-30-28-19(32(23)18-9-7-17(25)8-10-18)12-26-21(34)16-6-5-14(2)15(3)11-16/h5-11H,4,12-13H2,1-3H3,(H,26,34)(H,27,29,33). The number of thioether (sulfide) groups is 2. The number of carbonyl (C=O) groups excluding carboxylic acids is 2. The minimum absolute atomic E-state index is 0.0458. The van der Waals surface area contributed by atoms with E-state index in [2.05, 4.69) is 31.0 Å². The van der Waals surface area contributed by atoms with Crippen molar-refractivity contribution in [1.29, 1.82) is 0 Å². The molecule has 0 bridgehead atoms. The summed E-state index contributed by atoms with van der Waals surface area (Å²) in [4.78, 5) is 25.2. The van der Waals surface area contributed by atoms with Gasteiger partial charge in [-0.2, -0.15) is 0 Å². The molecule has 0 radical (unpaired) electrons. The number of benzene rings is 2. The van der Waals surface area contributed by atoms with Crippen molar-refractivity contribution in [2.75, 3.05) is 16.8 Å². The summed E-state index contributed by atoms with van der Waals surface area (Å²) >= 11 is 4.03. The monoisotopic (exact) mass is 557 g/mol. The van der Waals surface area contributed by atoms with E-state index in [4.69, 9.17) is 0 Å². The van der Waals surface area contributed by atoms with Crippen LogP contribution in [0.2, 0.25) is 0 Å². The van der Waals surface area contributed by atoms with Crippen LogP contribution < -0.4 is 10.6 Å². The van der Waals surface area contributed by atoms with Crippen molar-refractivity contribution in [3.8, 4) is 5.69 Å². The molecule has 0 saturated carbocycles. The summed E-state index contributed by atoms with van der Waals surface area (Å²) in [7, 11) is 0. The summed E-state index contributed by atoms with van der Waals surface area (Å²) in [5.74, 6) is 0.454. The van der Waals surface area contributed by atoms with Gasteiger partial charge in [-0.05, 0) is 67.1 Å². The molecule has 2 aromatic heterocycles. The quantitative estimate of drug-likeness (QED) is 0.214. The van der Waals surface area contributed by atoms with Crippen molar-refractivity contribution in [1.82, 2.24) is 30.3 Å². The molecule has 0 unspecified atom stereocenters. The van der Waals surface area contributed by atoms with Gasteiger partial charge in [-0.3, -0.25) is 19.5 Å². The van der Waals surface area contributed by atoms with Crippen LogP contribution in [0.5, 0.6) is 0 Å². The van der Waals surface area contributed by atoms with Gasteiger partial charge in [0.05, 0.1) is 12.3 Å². The van der Waals surface area contributed by atoms with E-state index in [-0.39, 0.29) is 29.9 Å². The fraction of sp³-hybridized carbons (Fsp3) is 0.250. The summed E-state index contributed by atoms with van der Waals surface area (Å²) in [5.41, 5.74) is 3.27. The highest BCUT2D eigenvalue weighted by Crippen LogP contribution is 2.26. The Morgan fingerprint density at radius 1 is 1.00 bits per heavy atom. The Morgan fingerprint density at radius 3 is 2.51 bits per heavy atom. The third-order valence-corrected chi connectivity index (χ3v) is 8.00. The molecule has 4 aromatic rings. The Labute approximate surface area is 225 Å². The number of hydrogen-bond donors (Lipinski definition) is 2. The lowest BCUT2D eigenvalue weighted by molar-refractivity contribution is -0.113. The molecule has 0 atom stereocenters. The van der Waals surface area contributed by atoms with Gasteiger partial charge in [0.2, 0.25) is 11.0 Å². The molecule has 0 aliphatic rings. The molecule has 2 aromatic carbocycles. The van der Waals surface area contributed by atoms with E-state index in [0.717, 1.165) is 21.2 Å². The smallest absolute Gasteiger partial charge is 0.251 e. The van der Waals surface area contributed by atoms with Crippen LogP contribution in [0.25, 0.3) is 5.69 Å². The van der Waals surface area contributed by atoms with E-state index in [1.807, 2.05) is 32.9 Å². The van der Waals surface area contributed by atoms with Crippen molar-refractivity contribution in [3.05, 3.63) is 70.8 Å². The molecular formula is C24H24FN7O2S3. The van der Waals surface area contributed by atoms with Gasteiger partial charge in [-0.1, -0.05) is 47.9 Å². The van der Waals surface area contributed by atoms with Crippen LogP contribution in [0.15, 0.2) is 52.0 Å². The average molecular weight is 558 g/mol. The molecule has 0 aliphatic carbocycles. The number of halogens is 1. The molecule has 2 N–H and O–H groups in total. The lowest BCUT2D eigenvalue weighted by Gasteiger charge is -2.11. The first kappa shape index (κ1) is 26.8. The van der Waals surface area contributed by atoms with Gasteiger partial charge in [0.25, 0.3) is 5.91 Å². The van der Waals surface area contributed by atoms with Crippen molar-refractivity contribution < 1.29 is 14.0 Å². The SMILES string of the molecule is CCSc1nnc(NC(=O)CSc2nnc(CNC(=O)c3ccc(C)c(C)c3)n2-c2ccc(F)cc2)s1. The van der Waals surface area contributed by atoms with Gasteiger partial charge in [0.15, 0.2) is 15.3 Å².